The summed E-state index contributed by atoms with van der Waals surface area (Å²) in [7, 11) is 2.91. The van der Waals surface area contributed by atoms with Crippen molar-refractivity contribution >= 4 is 41.6 Å². The maximum atomic E-state index is 12.4. The van der Waals surface area contributed by atoms with E-state index in [0.717, 1.165) is 12.5 Å². The van der Waals surface area contributed by atoms with E-state index in [-0.39, 0.29) is 27.3 Å². The summed E-state index contributed by atoms with van der Waals surface area (Å²) in [5, 5.41) is 0. The van der Waals surface area contributed by atoms with Gasteiger partial charge in [0.15, 0.2) is 10.4 Å². The molecule has 0 spiro atoms. The summed E-state index contributed by atoms with van der Waals surface area (Å²) >= 11 is 2.95. The highest BCUT2D eigenvalue weighted by Gasteiger charge is 2.32. The Morgan fingerprint density at radius 2 is 2.24 bits per heavy atom. The number of hydrogen-bond acceptors (Lipinski definition) is 5. The van der Waals surface area contributed by atoms with Crippen molar-refractivity contribution in [1.82, 2.24) is 4.90 Å². The number of hydrogen-bond donors (Lipinski definition) is 0. The second-order valence-electron chi connectivity index (χ2n) is 4.98. The van der Waals surface area contributed by atoms with Gasteiger partial charge in [-0.25, -0.2) is 8.42 Å². The lowest BCUT2D eigenvalue weighted by Gasteiger charge is -2.35. The van der Waals surface area contributed by atoms with E-state index in [1.165, 1.54) is 0 Å². The predicted octanol–water partition coefficient (Wildman–Crippen LogP) is 2.47. The number of amides is 1. The minimum absolute atomic E-state index is 0.0441. The van der Waals surface area contributed by atoms with E-state index in [9.17, 15) is 13.2 Å². The number of likely N-dealkylation sites (tertiary alicyclic amines) is 1. The topological polar surface area (TPSA) is 76.8 Å². The Bertz CT molecular complexity index is 644. The van der Waals surface area contributed by atoms with E-state index < -0.39 is 9.05 Å². The first kappa shape index (κ1) is 16.8. The van der Waals surface area contributed by atoms with E-state index in [2.05, 4.69) is 22.9 Å². The molecule has 118 valence electrons. The number of nitrogens with zero attached hydrogens (tertiary/aromatic N) is 1. The van der Waals surface area contributed by atoms with E-state index >= 15 is 0 Å². The van der Waals surface area contributed by atoms with Gasteiger partial charge in [-0.2, -0.15) is 0 Å². The van der Waals surface area contributed by atoms with Gasteiger partial charge in [0.2, 0.25) is 0 Å². The number of furan rings is 1. The molecule has 2 atom stereocenters. The number of carbonyl (C=O) groups is 1. The second kappa shape index (κ2) is 6.28. The van der Waals surface area contributed by atoms with Crippen LogP contribution in [0.1, 0.15) is 23.9 Å². The average molecular weight is 401 g/mol. The van der Waals surface area contributed by atoms with Crippen LogP contribution in [0.3, 0.4) is 0 Å². The fourth-order valence-electron chi connectivity index (χ4n) is 2.30. The Labute approximate surface area is 135 Å². The van der Waals surface area contributed by atoms with Crippen molar-refractivity contribution in [2.45, 2.75) is 24.3 Å². The summed E-state index contributed by atoms with van der Waals surface area (Å²) in [5.41, 5.74) is 0. The minimum atomic E-state index is -3.96. The first-order valence-corrected chi connectivity index (χ1v) is 9.40. The van der Waals surface area contributed by atoms with E-state index in [1.807, 2.05) is 0 Å². The first-order valence-electron chi connectivity index (χ1n) is 6.30. The molecule has 1 aliphatic rings. The third kappa shape index (κ3) is 3.61. The molecule has 0 N–H and O–H groups in total. The summed E-state index contributed by atoms with van der Waals surface area (Å²) in [5.74, 6) is -0.0807. The van der Waals surface area contributed by atoms with Gasteiger partial charge in [-0.15, -0.1) is 0 Å². The Balaban J connectivity index is 2.21. The van der Waals surface area contributed by atoms with Gasteiger partial charge in [0.1, 0.15) is 4.90 Å². The van der Waals surface area contributed by atoms with Crippen molar-refractivity contribution in [3.8, 4) is 0 Å². The molecule has 1 aliphatic heterocycles. The monoisotopic (exact) mass is 399 g/mol. The van der Waals surface area contributed by atoms with E-state index in [4.69, 9.17) is 19.8 Å². The molecule has 1 fully saturated rings. The summed E-state index contributed by atoms with van der Waals surface area (Å²) < 4.78 is 33.1. The Kier molecular flexibility index (Phi) is 5.02. The fourth-order valence-corrected chi connectivity index (χ4v) is 4.34. The van der Waals surface area contributed by atoms with Crippen LogP contribution in [0.15, 0.2) is 20.0 Å². The molecule has 0 radical (unpaired) electrons. The van der Waals surface area contributed by atoms with Crippen molar-refractivity contribution in [2.75, 3.05) is 20.2 Å². The zero-order valence-corrected chi connectivity index (χ0v) is 14.7. The zero-order chi connectivity index (χ0) is 15.8. The lowest BCUT2D eigenvalue weighted by molar-refractivity contribution is -0.00265. The van der Waals surface area contributed by atoms with Crippen LogP contribution in [0.4, 0.5) is 0 Å². The van der Waals surface area contributed by atoms with Gasteiger partial charge in [-0.1, -0.05) is 6.92 Å². The van der Waals surface area contributed by atoms with Gasteiger partial charge >= 0.3 is 0 Å². The van der Waals surface area contributed by atoms with Gasteiger partial charge in [-0.3, -0.25) is 4.79 Å². The van der Waals surface area contributed by atoms with Crippen molar-refractivity contribution < 1.29 is 22.4 Å². The van der Waals surface area contributed by atoms with Crippen molar-refractivity contribution in [3.05, 3.63) is 16.5 Å². The molecule has 0 aromatic carbocycles. The summed E-state index contributed by atoms with van der Waals surface area (Å²) in [4.78, 5) is 13.7. The minimum Gasteiger partial charge on any atom is -0.443 e. The molecule has 0 saturated carbocycles. The number of rotatable bonds is 3. The van der Waals surface area contributed by atoms with Crippen molar-refractivity contribution in [2.24, 2.45) is 5.92 Å². The van der Waals surface area contributed by atoms with Crippen LogP contribution in [-0.2, 0) is 13.8 Å². The molecule has 0 aliphatic carbocycles. The zero-order valence-electron chi connectivity index (χ0n) is 11.5. The largest absolute Gasteiger partial charge is 0.443 e. The Morgan fingerprint density at radius 1 is 1.57 bits per heavy atom. The maximum absolute atomic E-state index is 12.4. The van der Waals surface area contributed by atoms with Crippen LogP contribution in [0.25, 0.3) is 0 Å². The highest BCUT2D eigenvalue weighted by atomic mass is 79.9. The number of methoxy groups -OCH3 is 1. The molecule has 2 heterocycles. The number of ether oxygens (including phenoxy) is 1. The highest BCUT2D eigenvalue weighted by Crippen LogP contribution is 2.30. The smallest absolute Gasteiger partial charge is 0.289 e. The third-order valence-electron chi connectivity index (χ3n) is 3.61. The van der Waals surface area contributed by atoms with E-state index in [1.54, 1.807) is 12.0 Å². The third-order valence-corrected chi connectivity index (χ3v) is 5.79. The normalized spacial score (nSPS) is 23.3. The number of piperidine rings is 1. The van der Waals surface area contributed by atoms with Crippen molar-refractivity contribution in [1.29, 1.82) is 0 Å². The first-order chi connectivity index (χ1) is 9.74. The van der Waals surface area contributed by atoms with Gasteiger partial charge in [0, 0.05) is 36.9 Å². The average Bonchev–Trinajstić information content (AvgIpc) is 2.80. The number of halogens is 2. The molecular weight excluding hydrogens is 386 g/mol. The second-order valence-corrected chi connectivity index (χ2v) is 8.23. The van der Waals surface area contributed by atoms with Crippen molar-refractivity contribution in [3.63, 3.8) is 0 Å². The van der Waals surface area contributed by atoms with Crippen LogP contribution in [0.5, 0.6) is 0 Å². The summed E-state index contributed by atoms with van der Waals surface area (Å²) in [6.45, 7) is 3.08. The molecule has 1 saturated heterocycles. The van der Waals surface area contributed by atoms with Crippen LogP contribution in [-0.4, -0.2) is 45.5 Å². The van der Waals surface area contributed by atoms with Crippen LogP contribution in [0, 0.1) is 5.92 Å². The lowest BCUT2D eigenvalue weighted by Crippen LogP contribution is -2.46. The van der Waals surface area contributed by atoms with Crippen LogP contribution in [0.2, 0.25) is 0 Å². The molecular formula is C12H15BrClNO5S. The molecule has 6 nitrogen and oxygen atoms in total. The van der Waals surface area contributed by atoms with Gasteiger partial charge in [-0.05, 0) is 28.3 Å². The SMILES string of the molecule is COC1CN(C(=O)c2cc(S(=O)(=O)Cl)c(Br)o2)CCC1C. The number of carbonyl (C=O) groups excluding carboxylic acids is 1. The molecule has 2 rings (SSSR count). The molecule has 21 heavy (non-hydrogen) atoms. The summed E-state index contributed by atoms with van der Waals surface area (Å²) in [6.07, 6.45) is 0.768. The molecule has 1 aromatic rings. The van der Waals surface area contributed by atoms with E-state index in [0.29, 0.717) is 19.0 Å². The highest BCUT2D eigenvalue weighted by molar-refractivity contribution is 9.10. The molecule has 1 aromatic heterocycles. The maximum Gasteiger partial charge on any atom is 0.289 e. The summed E-state index contributed by atoms with van der Waals surface area (Å²) in [6, 6.07) is 1.13. The molecule has 1 amide bonds. The Morgan fingerprint density at radius 3 is 2.76 bits per heavy atom. The van der Waals surface area contributed by atoms with Crippen LogP contribution < -0.4 is 0 Å². The standard InChI is InChI=1S/C12H15BrClNO5S/c1-7-3-4-15(6-9(7)19-2)12(16)8-5-10(11(13)20-8)21(14,17)18/h5,7,9H,3-4,6H2,1-2H3. The van der Waals surface area contributed by atoms with Gasteiger partial charge < -0.3 is 14.1 Å². The lowest BCUT2D eigenvalue weighted by atomic mass is 9.95. The Hall–Kier alpha value is -0.570. The van der Waals surface area contributed by atoms with Gasteiger partial charge in [0.05, 0.1) is 6.10 Å². The predicted molar refractivity (Wildman–Crippen MR) is 79.9 cm³/mol. The van der Waals surface area contributed by atoms with Crippen LogP contribution >= 0.6 is 26.6 Å². The molecule has 0 bridgehead atoms. The quantitative estimate of drug-likeness (QED) is 0.729. The molecule has 2 unspecified atom stereocenters. The fraction of sp³-hybridized carbons (Fsp3) is 0.583. The molecule has 9 heteroatoms. The van der Waals surface area contributed by atoms with Gasteiger partial charge in [0.25, 0.3) is 15.0 Å².